The zero-order valence-corrected chi connectivity index (χ0v) is 24.2. The van der Waals surface area contributed by atoms with Crippen LogP contribution in [0.15, 0.2) is 138 Å². The number of hydrogen-bond acceptors (Lipinski definition) is 4. The van der Waals surface area contributed by atoms with Gasteiger partial charge < -0.3 is 4.42 Å². The molecule has 0 aliphatic carbocycles. The highest BCUT2D eigenvalue weighted by Crippen LogP contribution is 2.44. The summed E-state index contributed by atoms with van der Waals surface area (Å²) in [5.74, 6) is 0.690. The van der Waals surface area contributed by atoms with E-state index in [0.717, 1.165) is 49.7 Å². The first-order chi connectivity index (χ1) is 21.8. The summed E-state index contributed by atoms with van der Waals surface area (Å²) in [5, 5.41) is 10.6. The first kappa shape index (κ1) is 23.9. The highest BCUT2D eigenvalue weighted by atomic mass is 32.1. The van der Waals surface area contributed by atoms with Gasteiger partial charge in [0.25, 0.3) is 0 Å². The third-order valence-electron chi connectivity index (χ3n) is 8.87. The van der Waals surface area contributed by atoms with Gasteiger partial charge in [-0.2, -0.15) is 0 Å². The van der Waals surface area contributed by atoms with Crippen LogP contribution in [0.25, 0.3) is 97.2 Å². The predicted octanol–water partition coefficient (Wildman–Crippen LogP) is 11.5. The normalized spacial score (nSPS) is 12.1. The summed E-state index contributed by atoms with van der Waals surface area (Å²) in [4.78, 5) is 10.7. The van der Waals surface area contributed by atoms with E-state index in [9.17, 15) is 0 Å². The van der Waals surface area contributed by atoms with Crippen molar-refractivity contribution in [2.45, 2.75) is 0 Å². The van der Waals surface area contributed by atoms with Crippen molar-refractivity contribution in [1.29, 1.82) is 0 Å². The number of nitrogens with zero attached hydrogens (tertiary/aromatic N) is 2. The van der Waals surface area contributed by atoms with Crippen LogP contribution in [-0.4, -0.2) is 9.97 Å². The fourth-order valence-electron chi connectivity index (χ4n) is 6.85. The van der Waals surface area contributed by atoms with E-state index >= 15 is 0 Å². The molecule has 10 rings (SSSR count). The number of thiophene rings is 1. The van der Waals surface area contributed by atoms with Crippen molar-refractivity contribution in [2.75, 3.05) is 0 Å². The average molecular weight is 579 g/mol. The van der Waals surface area contributed by atoms with E-state index in [-0.39, 0.29) is 0 Å². The summed E-state index contributed by atoms with van der Waals surface area (Å²) in [6.45, 7) is 0. The van der Waals surface area contributed by atoms with Crippen molar-refractivity contribution in [1.82, 2.24) is 9.97 Å². The van der Waals surface area contributed by atoms with Crippen molar-refractivity contribution in [2.24, 2.45) is 0 Å². The molecule has 0 bridgehead atoms. The molecule has 0 amide bonds. The van der Waals surface area contributed by atoms with Crippen LogP contribution in [0, 0.1) is 0 Å². The molecule has 0 N–H and O–H groups in total. The minimum absolute atomic E-state index is 0.690. The van der Waals surface area contributed by atoms with Crippen molar-refractivity contribution in [3.63, 3.8) is 0 Å². The summed E-state index contributed by atoms with van der Waals surface area (Å²) in [6.07, 6.45) is 0. The molecule has 3 heterocycles. The van der Waals surface area contributed by atoms with E-state index in [0.29, 0.717) is 5.82 Å². The molecule has 3 aromatic heterocycles. The van der Waals surface area contributed by atoms with Gasteiger partial charge in [-0.25, -0.2) is 9.97 Å². The number of hydrogen-bond donors (Lipinski definition) is 0. The Hall–Kier alpha value is -5.58. The zero-order valence-electron chi connectivity index (χ0n) is 23.4. The van der Waals surface area contributed by atoms with Gasteiger partial charge in [-0.15, -0.1) is 11.3 Å². The van der Waals surface area contributed by atoms with Crippen LogP contribution in [0.4, 0.5) is 0 Å². The van der Waals surface area contributed by atoms with Crippen LogP contribution in [0.1, 0.15) is 0 Å². The number of rotatable bonds is 2. The second-order valence-electron chi connectivity index (χ2n) is 11.3. The van der Waals surface area contributed by atoms with E-state index in [2.05, 4.69) is 115 Å². The Bertz CT molecular complexity index is 2780. The topological polar surface area (TPSA) is 38.9 Å². The van der Waals surface area contributed by atoms with Gasteiger partial charge >= 0.3 is 0 Å². The minimum Gasteiger partial charge on any atom is -0.456 e. The zero-order chi connectivity index (χ0) is 28.8. The molecule has 0 unspecified atom stereocenters. The van der Waals surface area contributed by atoms with Crippen LogP contribution in [0.3, 0.4) is 0 Å². The summed E-state index contributed by atoms with van der Waals surface area (Å²) in [5.41, 5.74) is 5.67. The quantitative estimate of drug-likeness (QED) is 0.205. The second-order valence-corrected chi connectivity index (χ2v) is 12.4. The minimum atomic E-state index is 0.690. The van der Waals surface area contributed by atoms with E-state index < -0.39 is 0 Å². The van der Waals surface area contributed by atoms with Gasteiger partial charge in [0.1, 0.15) is 11.2 Å². The number of fused-ring (bicyclic) bond motifs is 11. The van der Waals surface area contributed by atoms with Crippen LogP contribution in [0.5, 0.6) is 0 Å². The molecule has 0 aliphatic heterocycles. The Morgan fingerprint density at radius 3 is 2.07 bits per heavy atom. The number of para-hydroxylation sites is 1. The largest absolute Gasteiger partial charge is 0.456 e. The van der Waals surface area contributed by atoms with Gasteiger partial charge in [0.15, 0.2) is 5.82 Å². The molecule has 0 saturated carbocycles. The number of furan rings is 1. The standard InChI is InChI=1S/C40H22N2OS/c1-3-11-26-23(8-1)10-7-14-30(26)38-31-19-21-35-37(36-27-12-4-2-9-24(27)17-20-34(36)44-35)39(31)42-40(41-38)25-16-18-29-28-13-5-6-15-32(28)43-33(29)22-25/h1-22H. The Morgan fingerprint density at radius 2 is 1.16 bits per heavy atom. The van der Waals surface area contributed by atoms with Gasteiger partial charge in [0.05, 0.1) is 11.2 Å². The molecular weight excluding hydrogens is 557 g/mol. The highest BCUT2D eigenvalue weighted by molar-refractivity contribution is 7.26. The lowest BCUT2D eigenvalue weighted by Crippen LogP contribution is -1.96. The van der Waals surface area contributed by atoms with Gasteiger partial charge in [0, 0.05) is 47.5 Å². The fourth-order valence-corrected chi connectivity index (χ4v) is 7.97. The van der Waals surface area contributed by atoms with Gasteiger partial charge in [-0.1, -0.05) is 97.1 Å². The maximum Gasteiger partial charge on any atom is 0.160 e. The van der Waals surface area contributed by atoms with Crippen LogP contribution >= 0.6 is 11.3 Å². The van der Waals surface area contributed by atoms with Crippen molar-refractivity contribution in [3.05, 3.63) is 133 Å². The molecule has 204 valence electrons. The molecule has 0 spiro atoms. The molecule has 0 radical (unpaired) electrons. The third-order valence-corrected chi connectivity index (χ3v) is 9.99. The summed E-state index contributed by atoms with van der Waals surface area (Å²) in [6, 6.07) is 47.1. The molecule has 10 aromatic rings. The lowest BCUT2D eigenvalue weighted by atomic mass is 9.97. The maximum atomic E-state index is 6.28. The van der Waals surface area contributed by atoms with Crippen molar-refractivity contribution in [3.8, 4) is 22.6 Å². The Morgan fingerprint density at radius 1 is 0.477 bits per heavy atom. The van der Waals surface area contributed by atoms with Crippen LogP contribution in [-0.2, 0) is 0 Å². The first-order valence-electron chi connectivity index (χ1n) is 14.7. The Kier molecular flexibility index (Phi) is 4.87. The number of benzene rings is 7. The van der Waals surface area contributed by atoms with Gasteiger partial charge in [-0.05, 0) is 57.9 Å². The van der Waals surface area contributed by atoms with E-state index in [4.69, 9.17) is 14.4 Å². The summed E-state index contributed by atoms with van der Waals surface area (Å²) >= 11 is 1.83. The molecular formula is C40H22N2OS. The molecule has 0 fully saturated rings. The fraction of sp³-hybridized carbons (Fsp3) is 0. The molecule has 3 nitrogen and oxygen atoms in total. The Balaban J connectivity index is 1.36. The third kappa shape index (κ3) is 3.37. The van der Waals surface area contributed by atoms with Crippen molar-refractivity contribution < 1.29 is 4.42 Å². The van der Waals surface area contributed by atoms with E-state index in [1.807, 2.05) is 29.5 Å². The summed E-state index contributed by atoms with van der Waals surface area (Å²) in [7, 11) is 0. The smallest absolute Gasteiger partial charge is 0.160 e. The average Bonchev–Trinajstić information content (AvgIpc) is 3.66. The maximum absolute atomic E-state index is 6.28. The van der Waals surface area contributed by atoms with E-state index in [1.54, 1.807) is 0 Å². The molecule has 0 saturated heterocycles. The molecule has 7 aromatic carbocycles. The second kappa shape index (κ2) is 8.96. The lowest BCUT2D eigenvalue weighted by molar-refractivity contribution is 0.669. The summed E-state index contributed by atoms with van der Waals surface area (Å²) < 4.78 is 8.78. The SMILES string of the molecule is c1ccc2c(-c3nc(-c4ccc5c(c4)oc4ccccc45)nc4c3ccc3sc5ccc6ccccc6c5c34)cccc2c1. The van der Waals surface area contributed by atoms with Crippen LogP contribution < -0.4 is 0 Å². The molecule has 0 aliphatic rings. The molecule has 44 heavy (non-hydrogen) atoms. The number of aromatic nitrogens is 2. The van der Waals surface area contributed by atoms with Crippen molar-refractivity contribution >= 4 is 85.9 Å². The molecule has 4 heteroatoms. The van der Waals surface area contributed by atoms with E-state index in [1.165, 1.54) is 41.7 Å². The van der Waals surface area contributed by atoms with Gasteiger partial charge in [-0.3, -0.25) is 0 Å². The first-order valence-corrected chi connectivity index (χ1v) is 15.6. The monoisotopic (exact) mass is 578 g/mol. The van der Waals surface area contributed by atoms with Crippen LogP contribution in [0.2, 0.25) is 0 Å². The Labute approximate surface area is 255 Å². The van der Waals surface area contributed by atoms with Gasteiger partial charge in [0.2, 0.25) is 0 Å². The highest BCUT2D eigenvalue weighted by Gasteiger charge is 2.19. The predicted molar refractivity (Wildman–Crippen MR) is 186 cm³/mol. The molecule has 0 atom stereocenters. The lowest BCUT2D eigenvalue weighted by Gasteiger charge is -2.13.